The van der Waals surface area contributed by atoms with E-state index >= 15 is 0 Å². The van der Waals surface area contributed by atoms with E-state index in [-0.39, 0.29) is 5.92 Å². The summed E-state index contributed by atoms with van der Waals surface area (Å²) in [5, 5.41) is 2.75. The minimum atomic E-state index is -0.451. The van der Waals surface area contributed by atoms with Crippen molar-refractivity contribution in [3.8, 4) is 11.1 Å². The van der Waals surface area contributed by atoms with Gasteiger partial charge in [0, 0.05) is 18.7 Å². The molecular weight excluding hydrogens is 376 g/mol. The van der Waals surface area contributed by atoms with Gasteiger partial charge in [0.2, 0.25) is 0 Å². The molecule has 30 heavy (non-hydrogen) atoms. The lowest BCUT2D eigenvalue weighted by Crippen LogP contribution is -2.26. The molecule has 3 aromatic rings. The van der Waals surface area contributed by atoms with Crippen molar-refractivity contribution in [2.45, 2.75) is 12.8 Å². The smallest absolute Gasteiger partial charge is 0.407 e. The number of pyridine rings is 1. The molecule has 0 unspecified atom stereocenters. The summed E-state index contributed by atoms with van der Waals surface area (Å²) in [4.78, 5) is 16.2. The normalized spacial score (nSPS) is 12.6. The molecule has 1 aliphatic carbocycles. The first kappa shape index (κ1) is 19.5. The fourth-order valence-corrected chi connectivity index (χ4v) is 3.80. The lowest BCUT2D eigenvalue weighted by molar-refractivity contribution is 0.144. The van der Waals surface area contributed by atoms with Crippen LogP contribution >= 0.6 is 0 Å². The average Bonchev–Trinajstić information content (AvgIpc) is 3.09. The van der Waals surface area contributed by atoms with Crippen molar-refractivity contribution < 1.29 is 9.53 Å². The maximum absolute atomic E-state index is 12.2. The summed E-state index contributed by atoms with van der Waals surface area (Å²) in [6.45, 7) is 2.51. The molecule has 1 amide bonds. The number of benzene rings is 2. The predicted octanol–water partition coefficient (Wildman–Crippen LogP) is 4.11. The van der Waals surface area contributed by atoms with Crippen LogP contribution in [-0.4, -0.2) is 24.2 Å². The molecule has 0 atom stereocenters. The predicted molar refractivity (Wildman–Crippen MR) is 120 cm³/mol. The Kier molecular flexibility index (Phi) is 5.39. The molecule has 0 aliphatic heterocycles. The molecule has 6 nitrogen and oxygen atoms in total. The maximum atomic E-state index is 12.2. The molecule has 0 saturated carbocycles. The second kappa shape index (κ2) is 8.29. The van der Waals surface area contributed by atoms with E-state index < -0.39 is 6.09 Å². The number of nitrogens with one attached hydrogen (secondary N) is 1. The molecule has 0 bridgehead atoms. The average molecular weight is 400 g/mol. The van der Waals surface area contributed by atoms with Crippen LogP contribution in [0.25, 0.3) is 17.2 Å². The number of alkyl carbamates (subject to hydrolysis) is 1. The minimum absolute atomic E-state index is 0.0465. The monoisotopic (exact) mass is 400 g/mol. The van der Waals surface area contributed by atoms with Crippen molar-refractivity contribution in [3.05, 3.63) is 83.1 Å². The molecule has 152 valence electrons. The van der Waals surface area contributed by atoms with Gasteiger partial charge in [-0.25, -0.2) is 9.78 Å². The SMILES string of the molecule is Cc1c(C=CCNC(=O)OCC2c3ccccc3-c3ccccc32)cnc(N)c1N. The molecule has 0 radical (unpaired) electrons. The molecule has 1 aromatic heterocycles. The summed E-state index contributed by atoms with van der Waals surface area (Å²) < 4.78 is 5.52. The van der Waals surface area contributed by atoms with Gasteiger partial charge in [-0.15, -0.1) is 0 Å². The quantitative estimate of drug-likeness (QED) is 0.598. The zero-order chi connectivity index (χ0) is 21.1. The summed E-state index contributed by atoms with van der Waals surface area (Å²) >= 11 is 0. The van der Waals surface area contributed by atoms with Crippen molar-refractivity contribution in [1.82, 2.24) is 10.3 Å². The molecule has 0 spiro atoms. The second-order valence-electron chi connectivity index (χ2n) is 7.25. The van der Waals surface area contributed by atoms with E-state index in [0.29, 0.717) is 24.7 Å². The number of carbonyl (C=O) groups is 1. The first-order chi connectivity index (χ1) is 14.6. The van der Waals surface area contributed by atoms with E-state index in [9.17, 15) is 4.79 Å². The van der Waals surface area contributed by atoms with Crippen LogP contribution in [0.15, 0.2) is 60.8 Å². The number of nitrogens with two attached hydrogens (primary N) is 2. The van der Waals surface area contributed by atoms with Gasteiger partial charge in [-0.2, -0.15) is 0 Å². The number of hydrogen-bond acceptors (Lipinski definition) is 5. The third-order valence-electron chi connectivity index (χ3n) is 5.46. The Hall–Kier alpha value is -3.80. The number of nitrogen functional groups attached to an aromatic ring is 2. The Morgan fingerprint density at radius 2 is 1.73 bits per heavy atom. The number of amides is 1. The van der Waals surface area contributed by atoms with Gasteiger partial charge in [0.1, 0.15) is 12.4 Å². The fourth-order valence-electron chi connectivity index (χ4n) is 3.80. The van der Waals surface area contributed by atoms with Crippen molar-refractivity contribution in [2.75, 3.05) is 24.6 Å². The lowest BCUT2D eigenvalue weighted by atomic mass is 9.98. The van der Waals surface area contributed by atoms with Crippen molar-refractivity contribution in [1.29, 1.82) is 0 Å². The Labute approximate surface area is 175 Å². The van der Waals surface area contributed by atoms with Gasteiger partial charge in [-0.1, -0.05) is 60.7 Å². The van der Waals surface area contributed by atoms with Crippen LogP contribution in [0, 0.1) is 6.92 Å². The molecule has 0 saturated heterocycles. The van der Waals surface area contributed by atoms with Crippen LogP contribution in [0.2, 0.25) is 0 Å². The third kappa shape index (κ3) is 3.72. The number of hydrogen-bond donors (Lipinski definition) is 3. The molecule has 1 aliphatic rings. The van der Waals surface area contributed by atoms with Crippen LogP contribution < -0.4 is 16.8 Å². The highest BCUT2D eigenvalue weighted by Crippen LogP contribution is 2.44. The summed E-state index contributed by atoms with van der Waals surface area (Å²) in [6.07, 6.45) is 4.88. The van der Waals surface area contributed by atoms with Gasteiger partial charge in [0.25, 0.3) is 0 Å². The minimum Gasteiger partial charge on any atom is -0.449 e. The zero-order valence-corrected chi connectivity index (χ0v) is 16.8. The number of rotatable bonds is 5. The number of nitrogens with zero attached hydrogens (tertiary/aromatic N) is 1. The van der Waals surface area contributed by atoms with Crippen LogP contribution in [0.1, 0.15) is 28.2 Å². The van der Waals surface area contributed by atoms with Gasteiger partial charge in [0.15, 0.2) is 0 Å². The van der Waals surface area contributed by atoms with Gasteiger partial charge in [-0.3, -0.25) is 0 Å². The van der Waals surface area contributed by atoms with Crippen LogP contribution in [0.4, 0.5) is 16.3 Å². The largest absolute Gasteiger partial charge is 0.449 e. The Morgan fingerprint density at radius 3 is 2.40 bits per heavy atom. The highest BCUT2D eigenvalue weighted by molar-refractivity contribution is 5.79. The molecule has 0 fully saturated rings. The number of ether oxygens (including phenoxy) is 1. The van der Waals surface area contributed by atoms with Gasteiger partial charge in [-0.05, 0) is 40.3 Å². The highest BCUT2D eigenvalue weighted by atomic mass is 16.5. The molecule has 6 heteroatoms. The number of anilines is 2. The fraction of sp³-hybridized carbons (Fsp3) is 0.167. The van der Waals surface area contributed by atoms with E-state index in [1.165, 1.54) is 22.3 Å². The van der Waals surface area contributed by atoms with Gasteiger partial charge < -0.3 is 21.5 Å². The van der Waals surface area contributed by atoms with E-state index in [0.717, 1.165) is 11.1 Å². The van der Waals surface area contributed by atoms with Crippen LogP contribution in [0.5, 0.6) is 0 Å². The second-order valence-corrected chi connectivity index (χ2v) is 7.25. The zero-order valence-electron chi connectivity index (χ0n) is 16.8. The standard InChI is InChI=1S/C24H24N4O2/c1-15-16(13-28-23(26)22(15)25)7-6-12-27-24(29)30-14-21-19-10-4-2-8-17(19)18-9-3-5-11-20(18)21/h2-11,13,21H,12,14,25H2,1H3,(H2,26,28)(H,27,29). The Bertz CT molecular complexity index is 1080. The van der Waals surface area contributed by atoms with E-state index in [2.05, 4.69) is 34.6 Å². The molecule has 2 aromatic carbocycles. The summed E-state index contributed by atoms with van der Waals surface area (Å²) in [7, 11) is 0. The van der Waals surface area contributed by atoms with E-state index in [1.54, 1.807) is 6.20 Å². The van der Waals surface area contributed by atoms with Crippen molar-refractivity contribution in [3.63, 3.8) is 0 Å². The Morgan fingerprint density at radius 1 is 1.10 bits per heavy atom. The van der Waals surface area contributed by atoms with Crippen molar-refractivity contribution >= 4 is 23.7 Å². The number of fused-ring (bicyclic) bond motifs is 3. The van der Waals surface area contributed by atoms with Gasteiger partial charge >= 0.3 is 6.09 Å². The highest BCUT2D eigenvalue weighted by Gasteiger charge is 2.28. The molecular formula is C24H24N4O2. The lowest BCUT2D eigenvalue weighted by Gasteiger charge is -2.14. The molecule has 5 N–H and O–H groups in total. The molecule has 1 heterocycles. The topological polar surface area (TPSA) is 103 Å². The van der Waals surface area contributed by atoms with Crippen molar-refractivity contribution in [2.24, 2.45) is 0 Å². The Balaban J connectivity index is 1.34. The first-order valence-corrected chi connectivity index (χ1v) is 9.82. The van der Waals surface area contributed by atoms with Crippen LogP contribution in [-0.2, 0) is 4.74 Å². The number of carbonyl (C=O) groups excluding carboxylic acids is 1. The van der Waals surface area contributed by atoms with E-state index in [1.807, 2.05) is 43.3 Å². The summed E-state index contributed by atoms with van der Waals surface area (Å²) in [5.41, 5.74) is 18.6. The summed E-state index contributed by atoms with van der Waals surface area (Å²) in [5.74, 6) is 0.367. The maximum Gasteiger partial charge on any atom is 0.407 e. The van der Waals surface area contributed by atoms with E-state index in [4.69, 9.17) is 16.2 Å². The first-order valence-electron chi connectivity index (χ1n) is 9.82. The third-order valence-corrected chi connectivity index (χ3v) is 5.46. The van der Waals surface area contributed by atoms with Crippen LogP contribution in [0.3, 0.4) is 0 Å². The van der Waals surface area contributed by atoms with Gasteiger partial charge in [0.05, 0.1) is 5.69 Å². The summed E-state index contributed by atoms with van der Waals surface area (Å²) in [6, 6.07) is 16.5. The molecule has 4 rings (SSSR count). The number of aromatic nitrogens is 1.